The van der Waals surface area contributed by atoms with Crippen molar-refractivity contribution in [3.05, 3.63) is 34.3 Å². The van der Waals surface area contributed by atoms with Gasteiger partial charge in [0, 0.05) is 4.47 Å². The van der Waals surface area contributed by atoms with E-state index in [-0.39, 0.29) is 5.92 Å². The van der Waals surface area contributed by atoms with Crippen molar-refractivity contribution in [2.24, 2.45) is 5.92 Å². The molecule has 1 aromatic carbocycles. The molecule has 1 rings (SSSR count). The number of hydrogen-bond acceptors (Lipinski definition) is 1. The van der Waals surface area contributed by atoms with E-state index < -0.39 is 5.97 Å². The SMILES string of the molecule is CC(CCc1ccc(Br)cc1)C(=O)O. The van der Waals surface area contributed by atoms with Crippen molar-refractivity contribution >= 4 is 21.9 Å². The molecule has 0 aliphatic heterocycles. The number of carbonyl (C=O) groups is 1. The third-order valence-corrected chi connectivity index (χ3v) is 2.73. The van der Waals surface area contributed by atoms with Gasteiger partial charge in [-0.3, -0.25) is 4.79 Å². The highest BCUT2D eigenvalue weighted by atomic mass is 79.9. The number of benzene rings is 1. The summed E-state index contributed by atoms with van der Waals surface area (Å²) < 4.78 is 1.05. The second kappa shape index (κ2) is 5.15. The molecule has 0 bridgehead atoms. The molecule has 76 valence electrons. The standard InChI is InChI=1S/C11H13BrO2/c1-8(11(13)14)2-3-9-4-6-10(12)7-5-9/h4-8H,2-3H2,1H3,(H,13,14). The van der Waals surface area contributed by atoms with Crippen LogP contribution in [0.3, 0.4) is 0 Å². The molecule has 0 fully saturated rings. The van der Waals surface area contributed by atoms with Gasteiger partial charge in [0.2, 0.25) is 0 Å². The molecule has 0 heterocycles. The molecule has 0 aliphatic rings. The van der Waals surface area contributed by atoms with Gasteiger partial charge in [-0.05, 0) is 30.5 Å². The van der Waals surface area contributed by atoms with Gasteiger partial charge in [0.05, 0.1) is 5.92 Å². The Labute approximate surface area is 92.1 Å². The monoisotopic (exact) mass is 256 g/mol. The average Bonchev–Trinajstić information content (AvgIpc) is 2.16. The van der Waals surface area contributed by atoms with Crippen LogP contribution in [0.15, 0.2) is 28.7 Å². The van der Waals surface area contributed by atoms with Gasteiger partial charge in [-0.2, -0.15) is 0 Å². The van der Waals surface area contributed by atoms with Crippen molar-refractivity contribution in [3.63, 3.8) is 0 Å². The molecule has 2 nitrogen and oxygen atoms in total. The third kappa shape index (κ3) is 3.50. The smallest absolute Gasteiger partial charge is 0.306 e. The molecular weight excluding hydrogens is 244 g/mol. The van der Waals surface area contributed by atoms with Crippen LogP contribution >= 0.6 is 15.9 Å². The number of halogens is 1. The van der Waals surface area contributed by atoms with Gasteiger partial charge in [0.1, 0.15) is 0 Å². The maximum Gasteiger partial charge on any atom is 0.306 e. The fourth-order valence-electron chi connectivity index (χ4n) is 1.16. The first-order valence-corrected chi connectivity index (χ1v) is 5.36. The first-order chi connectivity index (χ1) is 6.59. The minimum atomic E-state index is -0.720. The predicted octanol–water partition coefficient (Wildman–Crippen LogP) is 3.10. The Bertz CT molecular complexity index is 306. The van der Waals surface area contributed by atoms with Crippen LogP contribution in [0.4, 0.5) is 0 Å². The van der Waals surface area contributed by atoms with Crippen molar-refractivity contribution in [1.29, 1.82) is 0 Å². The van der Waals surface area contributed by atoms with E-state index in [0.29, 0.717) is 6.42 Å². The van der Waals surface area contributed by atoms with Crippen LogP contribution in [0, 0.1) is 5.92 Å². The van der Waals surface area contributed by atoms with Gasteiger partial charge in [0.15, 0.2) is 0 Å². The molecule has 1 N–H and O–H groups in total. The van der Waals surface area contributed by atoms with Crippen LogP contribution < -0.4 is 0 Å². The minimum absolute atomic E-state index is 0.265. The van der Waals surface area contributed by atoms with E-state index in [1.807, 2.05) is 24.3 Å². The topological polar surface area (TPSA) is 37.3 Å². The lowest BCUT2D eigenvalue weighted by Gasteiger charge is -2.05. The maximum absolute atomic E-state index is 10.6. The second-order valence-electron chi connectivity index (χ2n) is 3.40. The maximum atomic E-state index is 10.6. The van der Waals surface area contributed by atoms with Gasteiger partial charge in [-0.15, -0.1) is 0 Å². The molecule has 3 heteroatoms. The van der Waals surface area contributed by atoms with Crippen LogP contribution in [0.1, 0.15) is 18.9 Å². The number of carboxylic acid groups (broad SMARTS) is 1. The highest BCUT2D eigenvalue weighted by molar-refractivity contribution is 9.10. The number of rotatable bonds is 4. The van der Waals surface area contributed by atoms with Crippen molar-refractivity contribution < 1.29 is 9.90 Å². The zero-order valence-electron chi connectivity index (χ0n) is 8.03. The molecule has 0 radical (unpaired) electrons. The van der Waals surface area contributed by atoms with Gasteiger partial charge >= 0.3 is 5.97 Å². The van der Waals surface area contributed by atoms with Crippen molar-refractivity contribution in [1.82, 2.24) is 0 Å². The van der Waals surface area contributed by atoms with Gasteiger partial charge in [0.25, 0.3) is 0 Å². The lowest BCUT2D eigenvalue weighted by Crippen LogP contribution is -2.10. The first-order valence-electron chi connectivity index (χ1n) is 4.57. The molecule has 0 amide bonds. The summed E-state index contributed by atoms with van der Waals surface area (Å²) >= 11 is 3.35. The van der Waals surface area contributed by atoms with E-state index in [4.69, 9.17) is 5.11 Å². The summed E-state index contributed by atoms with van der Waals surface area (Å²) in [7, 11) is 0. The summed E-state index contributed by atoms with van der Waals surface area (Å²) in [6.07, 6.45) is 1.51. The largest absolute Gasteiger partial charge is 0.481 e. The summed E-state index contributed by atoms with van der Waals surface area (Å²) in [6.45, 7) is 1.74. The fraction of sp³-hybridized carbons (Fsp3) is 0.364. The summed E-state index contributed by atoms with van der Waals surface area (Å²) in [5, 5.41) is 8.70. The molecule has 1 atom stereocenters. The van der Waals surface area contributed by atoms with Crippen LogP contribution in [0.2, 0.25) is 0 Å². The number of aliphatic carboxylic acids is 1. The molecule has 14 heavy (non-hydrogen) atoms. The molecule has 0 saturated carbocycles. The highest BCUT2D eigenvalue weighted by Crippen LogP contribution is 2.14. The lowest BCUT2D eigenvalue weighted by atomic mass is 10.0. The predicted molar refractivity (Wildman–Crippen MR) is 59.3 cm³/mol. The number of carboxylic acids is 1. The molecular formula is C11H13BrO2. The molecule has 1 aromatic rings. The molecule has 1 unspecified atom stereocenters. The van der Waals surface area contributed by atoms with E-state index in [2.05, 4.69) is 15.9 Å². The van der Waals surface area contributed by atoms with Gasteiger partial charge < -0.3 is 5.11 Å². The Morgan fingerprint density at radius 3 is 2.50 bits per heavy atom. The van der Waals surface area contributed by atoms with Gasteiger partial charge in [-0.25, -0.2) is 0 Å². The fourth-order valence-corrected chi connectivity index (χ4v) is 1.42. The number of aryl methyl sites for hydroxylation is 1. The van der Waals surface area contributed by atoms with Crippen LogP contribution in [0.25, 0.3) is 0 Å². The molecule has 0 spiro atoms. The van der Waals surface area contributed by atoms with Crippen LogP contribution in [-0.2, 0) is 11.2 Å². The quantitative estimate of drug-likeness (QED) is 0.899. The Morgan fingerprint density at radius 2 is 2.00 bits per heavy atom. The summed E-state index contributed by atoms with van der Waals surface area (Å²) in [4.78, 5) is 10.6. The zero-order chi connectivity index (χ0) is 10.6. The zero-order valence-corrected chi connectivity index (χ0v) is 9.62. The molecule has 0 saturated heterocycles. The molecule has 0 aliphatic carbocycles. The third-order valence-electron chi connectivity index (χ3n) is 2.20. The van der Waals surface area contributed by atoms with E-state index >= 15 is 0 Å². The van der Waals surface area contributed by atoms with Crippen LogP contribution in [-0.4, -0.2) is 11.1 Å². The second-order valence-corrected chi connectivity index (χ2v) is 4.32. The Hall–Kier alpha value is -0.830. The summed E-state index contributed by atoms with van der Waals surface area (Å²) in [6, 6.07) is 7.97. The highest BCUT2D eigenvalue weighted by Gasteiger charge is 2.09. The van der Waals surface area contributed by atoms with E-state index in [1.165, 1.54) is 5.56 Å². The van der Waals surface area contributed by atoms with Crippen molar-refractivity contribution in [2.45, 2.75) is 19.8 Å². The van der Waals surface area contributed by atoms with Crippen molar-refractivity contribution in [3.8, 4) is 0 Å². The van der Waals surface area contributed by atoms with E-state index in [1.54, 1.807) is 6.92 Å². The van der Waals surface area contributed by atoms with E-state index in [0.717, 1.165) is 10.9 Å². The minimum Gasteiger partial charge on any atom is -0.481 e. The van der Waals surface area contributed by atoms with E-state index in [9.17, 15) is 4.79 Å². The van der Waals surface area contributed by atoms with Crippen LogP contribution in [0.5, 0.6) is 0 Å². The molecule has 0 aromatic heterocycles. The van der Waals surface area contributed by atoms with Crippen molar-refractivity contribution in [2.75, 3.05) is 0 Å². The first kappa shape index (κ1) is 11.2. The Morgan fingerprint density at radius 1 is 1.43 bits per heavy atom. The lowest BCUT2D eigenvalue weighted by molar-refractivity contribution is -0.141. The number of hydrogen-bond donors (Lipinski definition) is 1. The normalized spacial score (nSPS) is 12.4. The Kier molecular flexibility index (Phi) is 4.14. The average molecular weight is 257 g/mol. The van der Waals surface area contributed by atoms with Gasteiger partial charge in [-0.1, -0.05) is 35.0 Å². The summed E-state index contributed by atoms with van der Waals surface area (Å²) in [5.74, 6) is -0.985. The summed E-state index contributed by atoms with van der Waals surface area (Å²) in [5.41, 5.74) is 1.18. The Balaban J connectivity index is 2.46.